The van der Waals surface area contributed by atoms with Crippen LogP contribution in [0.1, 0.15) is 27.4 Å². The number of amides is 1. The van der Waals surface area contributed by atoms with E-state index in [2.05, 4.69) is 4.90 Å². The SMILES string of the molecule is Cc1cc(Cl)ccc1OCc1ccc(C(=O)N2CCN(Cc3ccc(F)cc3Cl)CC2)o1. The van der Waals surface area contributed by atoms with Gasteiger partial charge in [0.25, 0.3) is 5.91 Å². The molecule has 0 aliphatic carbocycles. The van der Waals surface area contributed by atoms with E-state index in [-0.39, 0.29) is 18.3 Å². The molecule has 0 spiro atoms. The van der Waals surface area contributed by atoms with Crippen LogP contribution in [0.15, 0.2) is 52.9 Å². The van der Waals surface area contributed by atoms with E-state index in [4.69, 9.17) is 32.4 Å². The van der Waals surface area contributed by atoms with Crippen LogP contribution in [0.5, 0.6) is 5.75 Å². The van der Waals surface area contributed by atoms with Gasteiger partial charge in [-0.2, -0.15) is 0 Å². The molecule has 5 nitrogen and oxygen atoms in total. The first-order valence-electron chi connectivity index (χ1n) is 10.3. The Balaban J connectivity index is 1.29. The molecule has 1 saturated heterocycles. The first-order valence-corrected chi connectivity index (χ1v) is 11.1. The van der Waals surface area contributed by atoms with Crippen LogP contribution in [0.2, 0.25) is 10.0 Å². The topological polar surface area (TPSA) is 45.9 Å². The van der Waals surface area contributed by atoms with Crippen LogP contribution in [0.4, 0.5) is 4.39 Å². The number of hydrogen-bond donors (Lipinski definition) is 0. The number of halogens is 3. The minimum absolute atomic E-state index is 0.140. The molecule has 2 heterocycles. The quantitative estimate of drug-likeness (QED) is 0.466. The van der Waals surface area contributed by atoms with Crippen molar-refractivity contribution in [3.05, 3.63) is 87.0 Å². The number of furan rings is 1. The number of rotatable bonds is 6. The molecule has 2 aromatic carbocycles. The minimum Gasteiger partial charge on any atom is -0.485 e. The van der Waals surface area contributed by atoms with E-state index in [1.165, 1.54) is 12.1 Å². The van der Waals surface area contributed by atoms with Gasteiger partial charge in [-0.3, -0.25) is 9.69 Å². The van der Waals surface area contributed by atoms with Gasteiger partial charge in [0.2, 0.25) is 0 Å². The third-order valence-corrected chi connectivity index (χ3v) is 6.03. The summed E-state index contributed by atoms with van der Waals surface area (Å²) < 4.78 is 24.7. The zero-order valence-electron chi connectivity index (χ0n) is 17.6. The third-order valence-electron chi connectivity index (χ3n) is 5.45. The zero-order chi connectivity index (χ0) is 22.7. The van der Waals surface area contributed by atoms with Crippen molar-refractivity contribution in [1.82, 2.24) is 9.80 Å². The lowest BCUT2D eigenvalue weighted by Gasteiger charge is -2.34. The number of piperazine rings is 1. The predicted octanol–water partition coefficient (Wildman–Crippen LogP) is 5.57. The van der Waals surface area contributed by atoms with Crippen molar-refractivity contribution < 1.29 is 18.3 Å². The Hall–Kier alpha value is -2.54. The highest BCUT2D eigenvalue weighted by molar-refractivity contribution is 6.31. The summed E-state index contributed by atoms with van der Waals surface area (Å²) in [6.45, 7) is 5.32. The average molecular weight is 477 g/mol. The summed E-state index contributed by atoms with van der Waals surface area (Å²) in [5.74, 6) is 1.11. The van der Waals surface area contributed by atoms with Gasteiger partial charge in [-0.05, 0) is 60.5 Å². The van der Waals surface area contributed by atoms with Gasteiger partial charge >= 0.3 is 0 Å². The highest BCUT2D eigenvalue weighted by atomic mass is 35.5. The molecule has 0 atom stereocenters. The standard InChI is InChI=1S/C24H23Cl2FN2O3/c1-16-12-18(25)3-6-22(16)31-15-20-5-7-23(32-20)24(30)29-10-8-28(9-11-29)14-17-2-4-19(27)13-21(17)26/h2-7,12-13H,8-11,14-15H2,1H3. The van der Waals surface area contributed by atoms with E-state index in [1.807, 2.05) is 19.1 Å². The smallest absolute Gasteiger partial charge is 0.289 e. The average Bonchev–Trinajstić information content (AvgIpc) is 3.24. The molecule has 1 amide bonds. The van der Waals surface area contributed by atoms with E-state index in [0.29, 0.717) is 54.3 Å². The van der Waals surface area contributed by atoms with Crippen molar-refractivity contribution in [3.63, 3.8) is 0 Å². The summed E-state index contributed by atoms with van der Waals surface area (Å²) in [7, 11) is 0. The predicted molar refractivity (Wildman–Crippen MR) is 122 cm³/mol. The molecule has 0 N–H and O–H groups in total. The van der Waals surface area contributed by atoms with E-state index >= 15 is 0 Å². The van der Waals surface area contributed by atoms with Crippen molar-refractivity contribution >= 4 is 29.1 Å². The lowest BCUT2D eigenvalue weighted by Crippen LogP contribution is -2.48. The Morgan fingerprint density at radius 1 is 1.06 bits per heavy atom. The Morgan fingerprint density at radius 2 is 1.84 bits per heavy atom. The minimum atomic E-state index is -0.347. The fourth-order valence-corrected chi connectivity index (χ4v) is 4.10. The second kappa shape index (κ2) is 9.94. The Kier molecular flexibility index (Phi) is 7.04. The molecule has 0 radical (unpaired) electrons. The summed E-state index contributed by atoms with van der Waals surface area (Å²) in [5.41, 5.74) is 1.81. The molecule has 1 aromatic heterocycles. The van der Waals surface area contributed by atoms with Crippen LogP contribution in [-0.2, 0) is 13.2 Å². The molecule has 3 aromatic rings. The normalized spacial score (nSPS) is 14.6. The number of carbonyl (C=O) groups is 1. The molecule has 0 unspecified atom stereocenters. The third kappa shape index (κ3) is 5.44. The maximum absolute atomic E-state index is 13.2. The molecule has 0 saturated carbocycles. The monoisotopic (exact) mass is 476 g/mol. The van der Waals surface area contributed by atoms with Crippen molar-refractivity contribution in [2.45, 2.75) is 20.1 Å². The molecule has 1 aliphatic rings. The van der Waals surface area contributed by atoms with Crippen LogP contribution in [0.25, 0.3) is 0 Å². The number of carbonyl (C=O) groups excluding carboxylic acids is 1. The Morgan fingerprint density at radius 3 is 2.56 bits per heavy atom. The molecule has 0 bridgehead atoms. The number of hydrogen-bond acceptors (Lipinski definition) is 4. The van der Waals surface area contributed by atoms with Gasteiger partial charge in [-0.15, -0.1) is 0 Å². The summed E-state index contributed by atoms with van der Waals surface area (Å²) in [4.78, 5) is 16.8. The summed E-state index contributed by atoms with van der Waals surface area (Å²) in [5, 5.41) is 1.07. The molecule has 32 heavy (non-hydrogen) atoms. The number of aryl methyl sites for hydroxylation is 1. The molecule has 168 valence electrons. The maximum atomic E-state index is 13.2. The summed E-state index contributed by atoms with van der Waals surface area (Å²) >= 11 is 12.1. The van der Waals surface area contributed by atoms with Gasteiger partial charge in [0, 0.05) is 42.8 Å². The molecule has 4 rings (SSSR count). The first-order chi connectivity index (χ1) is 15.4. The highest BCUT2D eigenvalue weighted by Gasteiger charge is 2.24. The van der Waals surface area contributed by atoms with Gasteiger partial charge in [0.1, 0.15) is 23.9 Å². The fraction of sp³-hybridized carbons (Fsp3) is 0.292. The van der Waals surface area contributed by atoms with Crippen LogP contribution < -0.4 is 4.74 Å². The van der Waals surface area contributed by atoms with Gasteiger partial charge in [-0.25, -0.2) is 4.39 Å². The molecular formula is C24H23Cl2FN2O3. The zero-order valence-corrected chi connectivity index (χ0v) is 19.1. The van der Waals surface area contributed by atoms with E-state index < -0.39 is 0 Å². The van der Waals surface area contributed by atoms with Gasteiger partial charge in [-0.1, -0.05) is 29.3 Å². The summed E-state index contributed by atoms with van der Waals surface area (Å²) in [6, 6.07) is 13.3. The summed E-state index contributed by atoms with van der Waals surface area (Å²) in [6.07, 6.45) is 0. The number of nitrogens with zero attached hydrogens (tertiary/aromatic N) is 2. The molecule has 1 fully saturated rings. The molecular weight excluding hydrogens is 454 g/mol. The van der Waals surface area contributed by atoms with Crippen molar-refractivity contribution in [2.75, 3.05) is 26.2 Å². The van der Waals surface area contributed by atoms with Crippen molar-refractivity contribution in [1.29, 1.82) is 0 Å². The van der Waals surface area contributed by atoms with E-state index in [0.717, 1.165) is 16.9 Å². The number of ether oxygens (including phenoxy) is 1. The molecule has 1 aliphatic heterocycles. The number of benzene rings is 2. The van der Waals surface area contributed by atoms with Crippen LogP contribution in [0.3, 0.4) is 0 Å². The lowest BCUT2D eigenvalue weighted by atomic mass is 10.2. The second-order valence-corrected chi connectivity index (χ2v) is 8.61. The fourth-order valence-electron chi connectivity index (χ4n) is 3.65. The Bertz CT molecular complexity index is 1110. The van der Waals surface area contributed by atoms with Crippen LogP contribution >= 0.6 is 23.2 Å². The van der Waals surface area contributed by atoms with Gasteiger partial charge < -0.3 is 14.1 Å². The first kappa shape index (κ1) is 22.6. The second-order valence-electron chi connectivity index (χ2n) is 7.77. The van der Waals surface area contributed by atoms with Crippen LogP contribution in [-0.4, -0.2) is 41.9 Å². The largest absolute Gasteiger partial charge is 0.485 e. The van der Waals surface area contributed by atoms with Gasteiger partial charge in [0.15, 0.2) is 5.76 Å². The Labute approximate surface area is 196 Å². The van der Waals surface area contributed by atoms with Gasteiger partial charge in [0.05, 0.1) is 0 Å². The van der Waals surface area contributed by atoms with Crippen molar-refractivity contribution in [2.24, 2.45) is 0 Å². The lowest BCUT2D eigenvalue weighted by molar-refractivity contribution is 0.0594. The maximum Gasteiger partial charge on any atom is 0.289 e. The van der Waals surface area contributed by atoms with E-state index in [1.54, 1.807) is 29.2 Å². The van der Waals surface area contributed by atoms with Crippen LogP contribution in [0, 0.1) is 12.7 Å². The van der Waals surface area contributed by atoms with Crippen molar-refractivity contribution in [3.8, 4) is 5.75 Å². The van der Waals surface area contributed by atoms with E-state index in [9.17, 15) is 9.18 Å². The highest BCUT2D eigenvalue weighted by Crippen LogP contribution is 2.24. The molecule has 8 heteroatoms.